The predicted octanol–water partition coefficient (Wildman–Crippen LogP) is 4.15. The average molecular weight is 344 g/mol. The molecule has 1 fully saturated rings. The molecule has 0 saturated heterocycles. The van der Waals surface area contributed by atoms with Crippen LogP contribution in [0.1, 0.15) is 18.4 Å². The fourth-order valence-corrected chi connectivity index (χ4v) is 3.25. The van der Waals surface area contributed by atoms with E-state index in [0.29, 0.717) is 19.1 Å². The fraction of sp³-hybridized carbons (Fsp3) is 0.316. The minimum atomic E-state index is -0.233. The van der Waals surface area contributed by atoms with Crippen molar-refractivity contribution in [3.63, 3.8) is 0 Å². The number of carbonyl (C=O) groups excluding carboxylic acids is 1. The lowest BCUT2D eigenvalue weighted by atomic mass is 10.2. The molecule has 0 aliphatic heterocycles. The van der Waals surface area contributed by atoms with Gasteiger partial charge in [0, 0.05) is 17.5 Å². The Morgan fingerprint density at radius 2 is 1.92 bits per heavy atom. The summed E-state index contributed by atoms with van der Waals surface area (Å²) in [6.45, 7) is 1.02. The predicted molar refractivity (Wildman–Crippen MR) is 96.7 cm³/mol. The zero-order chi connectivity index (χ0) is 16.9. The van der Waals surface area contributed by atoms with Crippen molar-refractivity contribution in [1.82, 2.24) is 4.90 Å². The lowest BCUT2D eigenvalue weighted by Gasteiger charge is -2.22. The summed E-state index contributed by atoms with van der Waals surface area (Å²) < 4.78 is 13.0. The Kier molecular flexibility index (Phi) is 5.53. The number of carbonyl (C=O) groups is 1. The van der Waals surface area contributed by atoms with Crippen LogP contribution in [0.25, 0.3) is 0 Å². The molecule has 5 heteroatoms. The standard InChI is InChI=1S/C19H21FN2OS/c1-24-18-5-3-2-4-17(18)21-19(23)13-22(16-10-11-16)12-14-6-8-15(20)9-7-14/h2-9,16H,10-13H2,1H3,(H,21,23). The molecule has 1 aliphatic rings. The number of para-hydroxylation sites is 1. The van der Waals surface area contributed by atoms with E-state index in [1.165, 1.54) is 12.1 Å². The van der Waals surface area contributed by atoms with Gasteiger partial charge in [0.25, 0.3) is 0 Å². The number of benzene rings is 2. The summed E-state index contributed by atoms with van der Waals surface area (Å²) >= 11 is 1.62. The van der Waals surface area contributed by atoms with Gasteiger partial charge >= 0.3 is 0 Å². The lowest BCUT2D eigenvalue weighted by molar-refractivity contribution is -0.117. The number of hydrogen-bond donors (Lipinski definition) is 1. The van der Waals surface area contributed by atoms with Crippen LogP contribution in [-0.4, -0.2) is 29.6 Å². The van der Waals surface area contributed by atoms with E-state index in [1.807, 2.05) is 30.5 Å². The van der Waals surface area contributed by atoms with Gasteiger partial charge in [-0.15, -0.1) is 11.8 Å². The molecule has 1 saturated carbocycles. The largest absolute Gasteiger partial charge is 0.324 e. The van der Waals surface area contributed by atoms with Crippen molar-refractivity contribution >= 4 is 23.4 Å². The molecule has 126 valence electrons. The second kappa shape index (κ2) is 7.81. The molecule has 3 nitrogen and oxygen atoms in total. The van der Waals surface area contributed by atoms with E-state index < -0.39 is 0 Å². The molecule has 2 aromatic carbocycles. The lowest BCUT2D eigenvalue weighted by Crippen LogP contribution is -2.34. The van der Waals surface area contributed by atoms with Gasteiger partial charge in [0.15, 0.2) is 0 Å². The van der Waals surface area contributed by atoms with Crippen LogP contribution in [0.5, 0.6) is 0 Å². The van der Waals surface area contributed by atoms with Crippen molar-refractivity contribution in [2.75, 3.05) is 18.1 Å². The van der Waals surface area contributed by atoms with E-state index >= 15 is 0 Å². The summed E-state index contributed by atoms with van der Waals surface area (Å²) in [5, 5.41) is 3.01. The number of rotatable bonds is 7. The minimum Gasteiger partial charge on any atom is -0.324 e. The summed E-state index contributed by atoms with van der Waals surface area (Å²) in [6, 6.07) is 14.8. The summed E-state index contributed by atoms with van der Waals surface area (Å²) in [4.78, 5) is 15.7. The Morgan fingerprint density at radius 3 is 2.58 bits per heavy atom. The molecule has 24 heavy (non-hydrogen) atoms. The Hall–Kier alpha value is -1.85. The van der Waals surface area contributed by atoms with Crippen molar-refractivity contribution in [3.05, 3.63) is 59.9 Å². The fourth-order valence-electron chi connectivity index (χ4n) is 2.70. The molecule has 0 bridgehead atoms. The van der Waals surface area contributed by atoms with Gasteiger partial charge in [-0.3, -0.25) is 9.69 Å². The highest BCUT2D eigenvalue weighted by Gasteiger charge is 2.30. The quantitative estimate of drug-likeness (QED) is 0.766. The van der Waals surface area contributed by atoms with Crippen LogP contribution >= 0.6 is 11.8 Å². The van der Waals surface area contributed by atoms with Crippen molar-refractivity contribution in [2.45, 2.75) is 30.3 Å². The molecule has 1 amide bonds. The topological polar surface area (TPSA) is 32.3 Å². The van der Waals surface area contributed by atoms with Crippen LogP contribution in [0.2, 0.25) is 0 Å². The van der Waals surface area contributed by atoms with Crippen LogP contribution in [0.3, 0.4) is 0 Å². The molecule has 0 unspecified atom stereocenters. The van der Waals surface area contributed by atoms with Crippen LogP contribution in [0.4, 0.5) is 10.1 Å². The molecule has 0 radical (unpaired) electrons. The molecular weight excluding hydrogens is 323 g/mol. The summed E-state index contributed by atoms with van der Waals surface area (Å²) in [5.74, 6) is -0.242. The normalized spacial score (nSPS) is 14.0. The smallest absolute Gasteiger partial charge is 0.238 e. The first kappa shape index (κ1) is 17.0. The Balaban J connectivity index is 1.63. The first-order chi connectivity index (χ1) is 11.7. The number of nitrogens with one attached hydrogen (secondary N) is 1. The average Bonchev–Trinajstić information content (AvgIpc) is 3.42. The third-order valence-electron chi connectivity index (χ3n) is 4.09. The van der Waals surface area contributed by atoms with Crippen LogP contribution in [0.15, 0.2) is 53.4 Å². The summed E-state index contributed by atoms with van der Waals surface area (Å²) in [5.41, 5.74) is 1.88. The van der Waals surface area contributed by atoms with Gasteiger partial charge in [-0.2, -0.15) is 0 Å². The monoisotopic (exact) mass is 344 g/mol. The van der Waals surface area contributed by atoms with Crippen molar-refractivity contribution in [3.8, 4) is 0 Å². The first-order valence-electron chi connectivity index (χ1n) is 8.07. The maximum atomic E-state index is 13.0. The molecule has 0 aromatic heterocycles. The number of hydrogen-bond acceptors (Lipinski definition) is 3. The molecule has 0 atom stereocenters. The van der Waals surface area contributed by atoms with E-state index in [9.17, 15) is 9.18 Å². The molecule has 1 aliphatic carbocycles. The highest BCUT2D eigenvalue weighted by molar-refractivity contribution is 7.98. The Labute approximate surface area is 146 Å². The van der Waals surface area contributed by atoms with Crippen LogP contribution < -0.4 is 5.32 Å². The summed E-state index contributed by atoms with van der Waals surface area (Å²) in [6.07, 6.45) is 4.24. The molecule has 3 rings (SSSR count). The second-order valence-corrected chi connectivity index (χ2v) is 6.86. The molecule has 0 spiro atoms. The number of nitrogens with zero attached hydrogens (tertiary/aromatic N) is 1. The zero-order valence-corrected chi connectivity index (χ0v) is 14.5. The highest BCUT2D eigenvalue weighted by atomic mass is 32.2. The third kappa shape index (κ3) is 4.58. The number of halogens is 1. The maximum Gasteiger partial charge on any atom is 0.238 e. The van der Waals surface area contributed by atoms with Gasteiger partial charge in [-0.05, 0) is 48.9 Å². The SMILES string of the molecule is CSc1ccccc1NC(=O)CN(Cc1ccc(F)cc1)C1CC1. The van der Waals surface area contributed by atoms with Crippen LogP contribution in [-0.2, 0) is 11.3 Å². The van der Waals surface area contributed by atoms with Gasteiger partial charge in [-0.25, -0.2) is 4.39 Å². The van der Waals surface area contributed by atoms with Crippen molar-refractivity contribution in [2.24, 2.45) is 0 Å². The van der Waals surface area contributed by atoms with Gasteiger partial charge < -0.3 is 5.32 Å². The summed E-state index contributed by atoms with van der Waals surface area (Å²) in [7, 11) is 0. The van der Waals surface area contributed by atoms with Gasteiger partial charge in [0.1, 0.15) is 5.82 Å². The number of amides is 1. The molecular formula is C19H21FN2OS. The molecule has 2 aromatic rings. The maximum absolute atomic E-state index is 13.0. The first-order valence-corrected chi connectivity index (χ1v) is 9.29. The number of thioether (sulfide) groups is 1. The van der Waals surface area contributed by atoms with E-state index in [4.69, 9.17) is 0 Å². The second-order valence-electron chi connectivity index (χ2n) is 6.01. The van der Waals surface area contributed by atoms with Crippen LogP contribution in [0, 0.1) is 5.82 Å². The minimum absolute atomic E-state index is 0.00879. The van der Waals surface area contributed by atoms with Crippen molar-refractivity contribution in [1.29, 1.82) is 0 Å². The molecule has 1 N–H and O–H groups in total. The van der Waals surface area contributed by atoms with Crippen molar-refractivity contribution < 1.29 is 9.18 Å². The van der Waals surface area contributed by atoms with E-state index in [2.05, 4.69) is 10.2 Å². The van der Waals surface area contributed by atoms with Gasteiger partial charge in [0.05, 0.1) is 12.2 Å². The van der Waals surface area contributed by atoms with Gasteiger partial charge in [0.2, 0.25) is 5.91 Å². The van der Waals surface area contributed by atoms with E-state index in [1.54, 1.807) is 23.9 Å². The highest BCUT2D eigenvalue weighted by Crippen LogP contribution is 2.29. The van der Waals surface area contributed by atoms with E-state index in [-0.39, 0.29) is 11.7 Å². The molecule has 0 heterocycles. The van der Waals surface area contributed by atoms with Gasteiger partial charge in [-0.1, -0.05) is 24.3 Å². The van der Waals surface area contributed by atoms with E-state index in [0.717, 1.165) is 29.0 Å². The Morgan fingerprint density at radius 1 is 1.21 bits per heavy atom. The Bertz CT molecular complexity index is 701. The zero-order valence-electron chi connectivity index (χ0n) is 13.7. The third-order valence-corrected chi connectivity index (χ3v) is 4.89. The number of anilines is 1.